The van der Waals surface area contributed by atoms with Crippen LogP contribution < -0.4 is 15.4 Å². The number of aromatic nitrogens is 2. The van der Waals surface area contributed by atoms with Crippen molar-refractivity contribution in [3.05, 3.63) is 64.4 Å². The fourth-order valence-electron chi connectivity index (χ4n) is 3.93. The molecule has 2 amide bonds. The maximum Gasteiger partial charge on any atom is 0.405 e. The number of aryl methyl sites for hydroxylation is 2. The number of carbonyl (C=O) groups is 2. The Labute approximate surface area is 195 Å². The molecule has 1 atom stereocenters. The number of fused-ring (bicyclic) bond motifs is 1. The van der Waals surface area contributed by atoms with E-state index in [-0.39, 0.29) is 24.6 Å². The lowest BCUT2D eigenvalue weighted by Gasteiger charge is -2.29. The average Bonchev–Trinajstić information content (AvgIpc) is 3.07. The Morgan fingerprint density at radius 1 is 1.21 bits per heavy atom. The predicted molar refractivity (Wildman–Crippen MR) is 122 cm³/mol. The fourth-order valence-corrected chi connectivity index (χ4v) is 3.93. The molecule has 2 heterocycles. The van der Waals surface area contributed by atoms with Gasteiger partial charge in [0, 0.05) is 12.6 Å². The first-order chi connectivity index (χ1) is 16.0. The molecule has 10 heteroatoms. The van der Waals surface area contributed by atoms with Gasteiger partial charge in [0.25, 0.3) is 5.91 Å². The third-order valence-corrected chi connectivity index (χ3v) is 5.52. The zero-order chi connectivity index (χ0) is 25.0. The molecule has 182 valence electrons. The summed E-state index contributed by atoms with van der Waals surface area (Å²) in [6.07, 6.45) is 0.100. The van der Waals surface area contributed by atoms with Crippen LogP contribution in [0.4, 0.5) is 13.6 Å². The van der Waals surface area contributed by atoms with Crippen LogP contribution in [0, 0.1) is 25.5 Å². The molecule has 2 aromatic heterocycles. The molecule has 0 aliphatic carbocycles. The van der Waals surface area contributed by atoms with E-state index in [9.17, 15) is 18.4 Å². The number of halogens is 2. The van der Waals surface area contributed by atoms with E-state index in [1.165, 1.54) is 10.6 Å². The second-order valence-corrected chi connectivity index (χ2v) is 8.54. The molecule has 1 aromatic carbocycles. The first-order valence-electron chi connectivity index (χ1n) is 10.9. The predicted octanol–water partition coefficient (Wildman–Crippen LogP) is 4.36. The van der Waals surface area contributed by atoms with Crippen LogP contribution in [0.3, 0.4) is 0 Å². The van der Waals surface area contributed by atoms with Gasteiger partial charge in [-0.05, 0) is 51.0 Å². The molecular formula is C24H28F2N4O4. The molecule has 0 bridgehead atoms. The quantitative estimate of drug-likeness (QED) is 0.427. The van der Waals surface area contributed by atoms with Gasteiger partial charge in [0.15, 0.2) is 0 Å². The van der Waals surface area contributed by atoms with Crippen LogP contribution in [0.5, 0.6) is 5.88 Å². The smallest absolute Gasteiger partial charge is 0.405 e. The Hall–Kier alpha value is -3.69. The van der Waals surface area contributed by atoms with Crippen LogP contribution in [0.2, 0.25) is 0 Å². The van der Waals surface area contributed by atoms with Crippen molar-refractivity contribution in [3.63, 3.8) is 0 Å². The van der Waals surface area contributed by atoms with Crippen LogP contribution in [-0.2, 0) is 6.61 Å². The van der Waals surface area contributed by atoms with Crippen LogP contribution in [-0.4, -0.2) is 38.8 Å². The number of nitrogens with one attached hydrogen (secondary N) is 2. The Balaban J connectivity index is 1.88. The summed E-state index contributed by atoms with van der Waals surface area (Å²) in [7, 11) is 0. The molecule has 1 unspecified atom stereocenters. The van der Waals surface area contributed by atoms with Gasteiger partial charge in [0.1, 0.15) is 18.2 Å². The number of rotatable bonds is 9. The highest BCUT2D eigenvalue weighted by atomic mass is 19.1. The summed E-state index contributed by atoms with van der Waals surface area (Å²) in [6.45, 7) is 6.86. The van der Waals surface area contributed by atoms with Crippen molar-refractivity contribution in [1.29, 1.82) is 0 Å². The van der Waals surface area contributed by atoms with Gasteiger partial charge >= 0.3 is 6.09 Å². The van der Waals surface area contributed by atoms with Crippen molar-refractivity contribution in [3.8, 4) is 5.88 Å². The van der Waals surface area contributed by atoms with Crippen molar-refractivity contribution in [2.45, 2.75) is 52.7 Å². The fraction of sp³-hybridized carbons (Fsp3) is 0.375. The van der Waals surface area contributed by atoms with Crippen molar-refractivity contribution >= 4 is 17.5 Å². The summed E-state index contributed by atoms with van der Waals surface area (Å²) in [5, 5.41) is 18.8. The van der Waals surface area contributed by atoms with E-state index in [1.54, 1.807) is 32.9 Å². The number of carbonyl (C=O) groups excluding carboxylic acids is 1. The van der Waals surface area contributed by atoms with Crippen LogP contribution in [0.15, 0.2) is 30.3 Å². The summed E-state index contributed by atoms with van der Waals surface area (Å²) in [5.74, 6) is -1.63. The topological polar surface area (TPSA) is 105 Å². The van der Waals surface area contributed by atoms with E-state index < -0.39 is 29.2 Å². The molecule has 3 N–H and O–H groups in total. The minimum Gasteiger partial charge on any atom is -0.473 e. The van der Waals surface area contributed by atoms with E-state index in [2.05, 4.69) is 15.7 Å². The van der Waals surface area contributed by atoms with Crippen LogP contribution >= 0.6 is 0 Å². The van der Waals surface area contributed by atoms with Crippen molar-refractivity contribution in [1.82, 2.24) is 20.2 Å². The molecule has 0 aliphatic heterocycles. The molecule has 0 radical (unpaired) electrons. The zero-order valence-electron chi connectivity index (χ0n) is 19.5. The van der Waals surface area contributed by atoms with Crippen molar-refractivity contribution < 1.29 is 28.2 Å². The molecule has 0 spiro atoms. The average molecular weight is 475 g/mol. The molecule has 8 nitrogen and oxygen atoms in total. The summed E-state index contributed by atoms with van der Waals surface area (Å²) in [5.41, 5.74) is 0.908. The van der Waals surface area contributed by atoms with Gasteiger partial charge < -0.3 is 20.5 Å². The summed E-state index contributed by atoms with van der Waals surface area (Å²) in [6, 6.07) is 7.00. The molecule has 3 rings (SSSR count). The number of benzene rings is 1. The molecule has 34 heavy (non-hydrogen) atoms. The highest BCUT2D eigenvalue weighted by Crippen LogP contribution is 2.25. The van der Waals surface area contributed by atoms with E-state index in [0.29, 0.717) is 23.2 Å². The first-order valence-corrected chi connectivity index (χ1v) is 10.9. The van der Waals surface area contributed by atoms with Gasteiger partial charge in [-0.15, -0.1) is 0 Å². The molecule has 0 aliphatic rings. The number of pyridine rings is 1. The minimum absolute atomic E-state index is 0.0878. The van der Waals surface area contributed by atoms with Crippen LogP contribution in [0.1, 0.15) is 53.9 Å². The second-order valence-electron chi connectivity index (χ2n) is 8.54. The number of carboxylic acid groups (broad SMARTS) is 1. The first kappa shape index (κ1) is 24.9. The third-order valence-electron chi connectivity index (χ3n) is 5.52. The highest BCUT2D eigenvalue weighted by molar-refractivity contribution is 6.02. The van der Waals surface area contributed by atoms with Crippen molar-refractivity contribution in [2.24, 2.45) is 0 Å². The van der Waals surface area contributed by atoms with Crippen molar-refractivity contribution in [2.75, 3.05) is 6.54 Å². The molecule has 0 fully saturated rings. The molecule has 3 aromatic rings. The van der Waals surface area contributed by atoms with Gasteiger partial charge in [-0.1, -0.05) is 19.4 Å². The minimum atomic E-state index is -1.17. The van der Waals surface area contributed by atoms with E-state index in [1.807, 2.05) is 6.92 Å². The maximum absolute atomic E-state index is 14.0. The lowest BCUT2D eigenvalue weighted by Crippen LogP contribution is -2.53. The number of ether oxygens (including phenoxy) is 1. The summed E-state index contributed by atoms with van der Waals surface area (Å²) < 4.78 is 35.1. The monoisotopic (exact) mass is 474 g/mol. The SMILES string of the molecule is CCCC(C)(CNC(=O)c1c(C)nn2c(OCc3c(F)cccc3F)cc(C)cc12)NC(=O)O. The van der Waals surface area contributed by atoms with Gasteiger partial charge in [0.05, 0.1) is 27.9 Å². The third kappa shape index (κ3) is 5.44. The Bertz CT molecular complexity index is 1210. The Kier molecular flexibility index (Phi) is 7.38. The van der Waals surface area contributed by atoms with E-state index in [0.717, 1.165) is 24.1 Å². The summed E-state index contributed by atoms with van der Waals surface area (Å²) >= 11 is 0. The second kappa shape index (κ2) is 10.1. The number of nitrogens with zero attached hydrogens (tertiary/aromatic N) is 2. The Morgan fingerprint density at radius 2 is 1.88 bits per heavy atom. The van der Waals surface area contributed by atoms with Gasteiger partial charge in [-0.3, -0.25) is 4.79 Å². The molecular weight excluding hydrogens is 446 g/mol. The van der Waals surface area contributed by atoms with Gasteiger partial charge in [-0.25, -0.2) is 13.6 Å². The lowest BCUT2D eigenvalue weighted by molar-refractivity contribution is 0.0937. The number of amides is 2. The normalized spacial score (nSPS) is 12.9. The molecule has 0 saturated carbocycles. The maximum atomic E-state index is 14.0. The number of hydrogen-bond acceptors (Lipinski definition) is 4. The Morgan fingerprint density at radius 3 is 2.50 bits per heavy atom. The van der Waals surface area contributed by atoms with Gasteiger partial charge in [-0.2, -0.15) is 9.61 Å². The highest BCUT2D eigenvalue weighted by Gasteiger charge is 2.28. The van der Waals surface area contributed by atoms with Crippen LogP contribution in [0.25, 0.3) is 5.52 Å². The van der Waals surface area contributed by atoms with E-state index >= 15 is 0 Å². The number of hydrogen-bond donors (Lipinski definition) is 3. The standard InChI is InChI=1S/C24H28F2N4O4/c1-5-9-24(4,28-23(32)33)13-27-22(31)21-15(3)29-30-19(21)10-14(2)11-20(30)34-12-16-17(25)7-6-8-18(16)26/h6-8,10-11,28H,5,9,12-13H2,1-4H3,(H,27,31)(H,32,33). The lowest BCUT2D eigenvalue weighted by atomic mass is 9.96. The zero-order valence-corrected chi connectivity index (χ0v) is 19.5. The largest absolute Gasteiger partial charge is 0.473 e. The summed E-state index contributed by atoms with van der Waals surface area (Å²) in [4.78, 5) is 24.3. The van der Waals surface area contributed by atoms with Gasteiger partial charge in [0.2, 0.25) is 5.88 Å². The van der Waals surface area contributed by atoms with E-state index in [4.69, 9.17) is 9.84 Å². The molecule has 0 saturated heterocycles.